The summed E-state index contributed by atoms with van der Waals surface area (Å²) in [4.78, 5) is 33.5. The number of nitrogens with zero attached hydrogens (tertiary/aromatic N) is 1. The number of carbonyl (C=O) groups excluding carboxylic acids is 1. The van der Waals surface area contributed by atoms with Crippen LogP contribution in [0.1, 0.15) is 22.9 Å². The van der Waals surface area contributed by atoms with Gasteiger partial charge in [0, 0.05) is 0 Å². The van der Waals surface area contributed by atoms with E-state index in [-0.39, 0.29) is 5.82 Å². The maximum absolute atomic E-state index is 12.9. The van der Waals surface area contributed by atoms with E-state index in [2.05, 4.69) is 22.6 Å². The van der Waals surface area contributed by atoms with E-state index < -0.39 is 22.4 Å². The summed E-state index contributed by atoms with van der Waals surface area (Å²) in [6, 6.07) is 24.8. The van der Waals surface area contributed by atoms with Crippen molar-refractivity contribution in [2.24, 2.45) is 0 Å². The standard InChI is InChI=1S/C23H18N2O3S/c26-21(29)19(20-24-17-13-7-8-14-18(17)25-20)23(22(27)28,15-9-3-1-4-10-15)16-11-5-2-6-12-16/h1-14,19H,(H,24,25)(H,26,29)(H,27,28). The summed E-state index contributed by atoms with van der Waals surface area (Å²) < 4.78 is 0. The number of aliphatic carboxylic acids is 1. The first-order valence-electron chi connectivity index (χ1n) is 9.07. The van der Waals surface area contributed by atoms with Crippen molar-refractivity contribution in [3.05, 3.63) is 102 Å². The molecular weight excluding hydrogens is 384 g/mol. The van der Waals surface area contributed by atoms with E-state index in [1.54, 1.807) is 60.7 Å². The predicted octanol–water partition coefficient (Wildman–Crippen LogP) is 4.17. The molecule has 0 aliphatic carbocycles. The number of thiol groups is 1. The van der Waals surface area contributed by atoms with E-state index in [1.807, 2.05) is 24.3 Å². The zero-order chi connectivity index (χ0) is 20.4. The van der Waals surface area contributed by atoms with E-state index in [4.69, 9.17) is 0 Å². The smallest absolute Gasteiger partial charge is 0.319 e. The molecule has 29 heavy (non-hydrogen) atoms. The van der Waals surface area contributed by atoms with Crippen LogP contribution in [0.25, 0.3) is 11.0 Å². The molecule has 1 atom stereocenters. The van der Waals surface area contributed by atoms with E-state index >= 15 is 0 Å². The average molecular weight is 402 g/mol. The fraction of sp³-hybridized carbons (Fsp3) is 0.0870. The van der Waals surface area contributed by atoms with Crippen molar-refractivity contribution in [2.75, 3.05) is 0 Å². The van der Waals surface area contributed by atoms with Gasteiger partial charge in [-0.2, -0.15) is 0 Å². The number of fused-ring (bicyclic) bond motifs is 1. The quantitative estimate of drug-likeness (QED) is 0.423. The van der Waals surface area contributed by atoms with Gasteiger partial charge in [0.2, 0.25) is 0 Å². The molecule has 4 aromatic rings. The molecule has 1 unspecified atom stereocenters. The molecule has 4 rings (SSSR count). The van der Waals surface area contributed by atoms with Gasteiger partial charge in [0.05, 0.1) is 11.0 Å². The van der Waals surface area contributed by atoms with Crippen LogP contribution in [0.3, 0.4) is 0 Å². The van der Waals surface area contributed by atoms with Crippen molar-refractivity contribution in [3.8, 4) is 0 Å². The summed E-state index contributed by atoms with van der Waals surface area (Å²) in [5.74, 6) is -2.05. The Hall–Kier alpha value is -3.38. The number of hydrogen-bond donors (Lipinski definition) is 3. The van der Waals surface area contributed by atoms with E-state index in [0.29, 0.717) is 16.6 Å². The van der Waals surface area contributed by atoms with E-state index in [0.717, 1.165) is 5.52 Å². The van der Waals surface area contributed by atoms with Gasteiger partial charge in [-0.25, -0.2) is 4.98 Å². The molecule has 144 valence electrons. The van der Waals surface area contributed by atoms with Crippen LogP contribution < -0.4 is 0 Å². The molecule has 0 saturated carbocycles. The number of H-pyrrole nitrogens is 1. The summed E-state index contributed by atoms with van der Waals surface area (Å²) in [6.07, 6.45) is 0. The zero-order valence-electron chi connectivity index (χ0n) is 15.3. The molecule has 0 fully saturated rings. The van der Waals surface area contributed by atoms with Gasteiger partial charge in [0.25, 0.3) is 0 Å². The Kier molecular flexibility index (Phi) is 4.94. The van der Waals surface area contributed by atoms with Gasteiger partial charge in [0.15, 0.2) is 5.12 Å². The second-order valence-corrected chi connectivity index (χ2v) is 7.20. The number of imidazole rings is 1. The Morgan fingerprint density at radius 3 is 1.86 bits per heavy atom. The minimum atomic E-state index is -1.70. The first-order valence-corrected chi connectivity index (χ1v) is 9.51. The van der Waals surface area contributed by atoms with Crippen molar-refractivity contribution in [1.29, 1.82) is 0 Å². The minimum Gasteiger partial charge on any atom is -0.480 e. The highest BCUT2D eigenvalue weighted by atomic mass is 32.1. The second kappa shape index (κ2) is 7.56. The number of hydrogen-bond acceptors (Lipinski definition) is 3. The third kappa shape index (κ3) is 3.11. The van der Waals surface area contributed by atoms with Crippen LogP contribution in [-0.4, -0.2) is 26.2 Å². The lowest BCUT2D eigenvalue weighted by molar-refractivity contribution is -0.144. The second-order valence-electron chi connectivity index (χ2n) is 6.76. The fourth-order valence-electron chi connectivity index (χ4n) is 3.89. The Morgan fingerprint density at radius 2 is 1.38 bits per heavy atom. The first-order chi connectivity index (χ1) is 14.0. The van der Waals surface area contributed by atoms with Crippen molar-refractivity contribution >= 4 is 34.7 Å². The largest absolute Gasteiger partial charge is 0.480 e. The van der Waals surface area contributed by atoms with Gasteiger partial charge in [-0.05, 0) is 23.3 Å². The normalized spacial score (nSPS) is 12.6. The molecule has 1 aromatic heterocycles. The average Bonchev–Trinajstić information content (AvgIpc) is 3.16. The molecule has 3 aromatic carbocycles. The first kappa shape index (κ1) is 19.0. The van der Waals surface area contributed by atoms with E-state index in [9.17, 15) is 14.7 Å². The topological polar surface area (TPSA) is 83.0 Å². The Labute approximate surface area is 172 Å². The van der Waals surface area contributed by atoms with E-state index in [1.165, 1.54) is 0 Å². The number of aromatic nitrogens is 2. The third-order valence-electron chi connectivity index (χ3n) is 5.16. The number of carboxylic acids is 1. The molecule has 2 N–H and O–H groups in total. The molecule has 0 saturated heterocycles. The maximum atomic E-state index is 12.9. The summed E-state index contributed by atoms with van der Waals surface area (Å²) in [7, 11) is 0. The molecular formula is C23H18N2O3S. The Bertz CT molecular complexity index is 1100. The Morgan fingerprint density at radius 1 is 0.862 bits per heavy atom. The highest BCUT2D eigenvalue weighted by Crippen LogP contribution is 2.45. The fourth-order valence-corrected chi connectivity index (χ4v) is 4.20. The number of aromatic amines is 1. The third-order valence-corrected chi connectivity index (χ3v) is 5.41. The van der Waals surface area contributed by atoms with Crippen LogP contribution >= 0.6 is 12.6 Å². The van der Waals surface area contributed by atoms with Crippen LogP contribution in [0.5, 0.6) is 0 Å². The van der Waals surface area contributed by atoms with Crippen LogP contribution in [0.4, 0.5) is 0 Å². The Balaban J connectivity index is 2.07. The molecule has 0 bridgehead atoms. The number of nitrogens with one attached hydrogen (secondary N) is 1. The number of rotatable bonds is 6. The molecule has 0 spiro atoms. The van der Waals surface area contributed by atoms with Gasteiger partial charge >= 0.3 is 5.97 Å². The van der Waals surface area contributed by atoms with Crippen LogP contribution in [0, 0.1) is 0 Å². The molecule has 0 amide bonds. The van der Waals surface area contributed by atoms with Gasteiger partial charge < -0.3 is 10.1 Å². The summed E-state index contributed by atoms with van der Waals surface area (Å²) in [5.41, 5.74) is 0.637. The van der Waals surface area contributed by atoms with Crippen molar-refractivity contribution in [2.45, 2.75) is 11.3 Å². The van der Waals surface area contributed by atoms with Gasteiger partial charge in [-0.3, -0.25) is 9.59 Å². The van der Waals surface area contributed by atoms with Crippen molar-refractivity contribution in [3.63, 3.8) is 0 Å². The lowest BCUT2D eigenvalue weighted by Gasteiger charge is -2.35. The number of carboxylic acid groups (broad SMARTS) is 1. The summed E-state index contributed by atoms with van der Waals surface area (Å²) in [5, 5.41) is 9.97. The number of carbonyl (C=O) groups is 2. The molecule has 0 aliphatic rings. The lowest BCUT2D eigenvalue weighted by Crippen LogP contribution is -2.45. The summed E-state index contributed by atoms with van der Waals surface area (Å²) >= 11 is 4.11. The minimum absolute atomic E-state index is 0.265. The molecule has 5 nitrogen and oxygen atoms in total. The predicted molar refractivity (Wildman–Crippen MR) is 114 cm³/mol. The maximum Gasteiger partial charge on any atom is 0.319 e. The zero-order valence-corrected chi connectivity index (χ0v) is 16.2. The molecule has 0 radical (unpaired) electrons. The summed E-state index contributed by atoms with van der Waals surface area (Å²) in [6.45, 7) is 0. The van der Waals surface area contributed by atoms with Gasteiger partial charge in [-0.1, -0.05) is 72.8 Å². The monoisotopic (exact) mass is 402 g/mol. The molecule has 6 heteroatoms. The van der Waals surface area contributed by atoms with Crippen LogP contribution in [-0.2, 0) is 15.0 Å². The highest BCUT2D eigenvalue weighted by molar-refractivity contribution is 7.96. The highest BCUT2D eigenvalue weighted by Gasteiger charge is 2.53. The van der Waals surface area contributed by atoms with Gasteiger partial charge in [-0.15, -0.1) is 12.6 Å². The number of benzene rings is 3. The number of para-hydroxylation sites is 2. The van der Waals surface area contributed by atoms with Gasteiger partial charge in [0.1, 0.15) is 17.2 Å². The molecule has 1 heterocycles. The van der Waals surface area contributed by atoms with Crippen molar-refractivity contribution < 1.29 is 14.7 Å². The van der Waals surface area contributed by atoms with Crippen molar-refractivity contribution in [1.82, 2.24) is 9.97 Å². The van der Waals surface area contributed by atoms with Crippen LogP contribution in [0.15, 0.2) is 84.9 Å². The van der Waals surface area contributed by atoms with Crippen LogP contribution in [0.2, 0.25) is 0 Å². The lowest BCUT2D eigenvalue weighted by atomic mass is 9.65. The SMILES string of the molecule is O=C(S)C(c1nc2ccccc2[nH]1)C(C(=O)O)(c1ccccc1)c1ccccc1. The molecule has 0 aliphatic heterocycles.